The Morgan fingerprint density at radius 2 is 1.60 bits per heavy atom. The first-order valence-electron chi connectivity index (χ1n) is 9.45. The normalized spacial score (nSPS) is 18.0. The molecule has 2 aromatic rings. The van der Waals surface area contributed by atoms with Crippen LogP contribution in [0.4, 0.5) is 5.69 Å². The van der Waals surface area contributed by atoms with Gasteiger partial charge in [-0.3, -0.25) is 4.72 Å². The molecule has 1 aliphatic heterocycles. The highest BCUT2D eigenvalue weighted by molar-refractivity contribution is 7.92. The smallest absolute Gasteiger partial charge is 0.337 e. The number of piperidine rings is 1. The number of methoxy groups -OCH3 is 1. The maximum Gasteiger partial charge on any atom is 0.337 e. The molecule has 30 heavy (non-hydrogen) atoms. The van der Waals surface area contributed by atoms with E-state index in [9.17, 15) is 21.6 Å². The van der Waals surface area contributed by atoms with Gasteiger partial charge in [0.15, 0.2) is 0 Å². The number of carbonyl (C=O) groups excluding carboxylic acids is 1. The zero-order valence-corrected chi connectivity index (χ0v) is 18.4. The molecule has 1 aliphatic rings. The third-order valence-corrected chi connectivity index (χ3v) is 8.23. The fourth-order valence-corrected chi connectivity index (χ4v) is 5.97. The van der Waals surface area contributed by atoms with Crippen LogP contribution in [0.25, 0.3) is 0 Å². The van der Waals surface area contributed by atoms with Gasteiger partial charge in [-0.15, -0.1) is 0 Å². The molecule has 2 aromatic carbocycles. The average Bonchev–Trinajstić information content (AvgIpc) is 2.73. The number of esters is 1. The van der Waals surface area contributed by atoms with E-state index in [0.717, 1.165) is 12.8 Å². The minimum atomic E-state index is -3.90. The largest absolute Gasteiger partial charge is 0.465 e. The van der Waals surface area contributed by atoms with Crippen LogP contribution < -0.4 is 4.72 Å². The van der Waals surface area contributed by atoms with E-state index in [4.69, 9.17) is 0 Å². The van der Waals surface area contributed by atoms with Gasteiger partial charge in [0.25, 0.3) is 10.0 Å². The van der Waals surface area contributed by atoms with Gasteiger partial charge in [-0.25, -0.2) is 21.6 Å². The zero-order chi connectivity index (χ0) is 21.9. The molecular formula is C20H24N2O6S2. The maximum absolute atomic E-state index is 12.8. The van der Waals surface area contributed by atoms with Crippen LogP contribution in [-0.4, -0.2) is 47.3 Å². The molecule has 1 saturated heterocycles. The lowest BCUT2D eigenvalue weighted by atomic mass is 10.0. The molecule has 1 atom stereocenters. The Morgan fingerprint density at radius 1 is 1.00 bits per heavy atom. The van der Waals surface area contributed by atoms with Crippen molar-refractivity contribution in [3.8, 4) is 0 Å². The summed E-state index contributed by atoms with van der Waals surface area (Å²) in [4.78, 5) is 11.6. The number of benzene rings is 2. The lowest BCUT2D eigenvalue weighted by molar-refractivity contribution is 0.0600. The summed E-state index contributed by atoms with van der Waals surface area (Å²) >= 11 is 0. The zero-order valence-electron chi connectivity index (χ0n) is 16.7. The number of rotatable bonds is 6. The van der Waals surface area contributed by atoms with Gasteiger partial charge in [0.2, 0.25) is 10.0 Å². The first-order chi connectivity index (χ1) is 14.1. The van der Waals surface area contributed by atoms with Crippen molar-refractivity contribution in [2.24, 2.45) is 5.92 Å². The Balaban J connectivity index is 1.75. The van der Waals surface area contributed by atoms with Crippen LogP contribution in [0, 0.1) is 5.92 Å². The molecule has 0 aromatic heterocycles. The molecule has 10 heteroatoms. The summed E-state index contributed by atoms with van der Waals surface area (Å²) in [5.41, 5.74) is 0.469. The van der Waals surface area contributed by atoms with E-state index in [1.54, 1.807) is 0 Å². The molecule has 162 valence electrons. The van der Waals surface area contributed by atoms with Gasteiger partial charge in [0, 0.05) is 18.8 Å². The second-order valence-electron chi connectivity index (χ2n) is 7.26. The number of anilines is 1. The van der Waals surface area contributed by atoms with E-state index in [2.05, 4.69) is 9.46 Å². The fraction of sp³-hybridized carbons (Fsp3) is 0.350. The molecule has 1 heterocycles. The van der Waals surface area contributed by atoms with Crippen LogP contribution in [0.1, 0.15) is 30.1 Å². The minimum absolute atomic E-state index is 0.0332. The summed E-state index contributed by atoms with van der Waals surface area (Å²) in [6.45, 7) is 3.00. The lowest BCUT2D eigenvalue weighted by Gasteiger charge is -2.30. The van der Waals surface area contributed by atoms with E-state index in [0.29, 0.717) is 19.0 Å². The molecule has 1 fully saturated rings. The molecule has 0 aliphatic carbocycles. The molecule has 0 radical (unpaired) electrons. The third kappa shape index (κ3) is 4.82. The van der Waals surface area contributed by atoms with Gasteiger partial charge in [0.1, 0.15) is 0 Å². The lowest BCUT2D eigenvalue weighted by Crippen LogP contribution is -2.39. The highest BCUT2D eigenvalue weighted by atomic mass is 32.2. The Bertz CT molecular complexity index is 1110. The highest BCUT2D eigenvalue weighted by Gasteiger charge is 2.28. The van der Waals surface area contributed by atoms with Crippen LogP contribution >= 0.6 is 0 Å². The summed E-state index contributed by atoms with van der Waals surface area (Å²) in [5.74, 6) is -0.253. The van der Waals surface area contributed by atoms with Crippen LogP contribution in [0.5, 0.6) is 0 Å². The second-order valence-corrected chi connectivity index (χ2v) is 10.9. The molecule has 3 rings (SSSR count). The summed E-state index contributed by atoms with van der Waals surface area (Å²) in [6.07, 6.45) is 1.83. The molecule has 0 bridgehead atoms. The molecule has 0 spiro atoms. The topological polar surface area (TPSA) is 110 Å². The predicted octanol–water partition coefficient (Wildman–Crippen LogP) is 2.69. The second kappa shape index (κ2) is 8.75. The van der Waals surface area contributed by atoms with Crippen molar-refractivity contribution in [3.63, 3.8) is 0 Å². The summed E-state index contributed by atoms with van der Waals surface area (Å²) in [7, 11) is -6.27. The first kappa shape index (κ1) is 22.3. The number of ether oxygens (including phenoxy) is 1. The number of nitrogens with zero attached hydrogens (tertiary/aromatic N) is 1. The van der Waals surface area contributed by atoms with Gasteiger partial charge in [-0.2, -0.15) is 4.31 Å². The van der Waals surface area contributed by atoms with E-state index >= 15 is 0 Å². The number of sulfonamides is 2. The Hall–Kier alpha value is -2.43. The molecule has 0 amide bonds. The van der Waals surface area contributed by atoms with E-state index in [1.165, 1.54) is 59.9 Å². The fourth-order valence-electron chi connectivity index (χ4n) is 3.31. The van der Waals surface area contributed by atoms with Gasteiger partial charge >= 0.3 is 5.97 Å². The Kier molecular flexibility index (Phi) is 6.49. The predicted molar refractivity (Wildman–Crippen MR) is 112 cm³/mol. The quantitative estimate of drug-likeness (QED) is 0.675. The molecule has 1 unspecified atom stereocenters. The molecular weight excluding hydrogens is 428 g/mol. The van der Waals surface area contributed by atoms with Crippen LogP contribution in [0.2, 0.25) is 0 Å². The number of nitrogens with one attached hydrogen (secondary N) is 1. The SMILES string of the molecule is COC(=O)c1ccc(S(=O)(=O)Nc2ccc(S(=O)(=O)N3CCCC(C)C3)cc2)cc1. The van der Waals surface area contributed by atoms with Crippen molar-refractivity contribution in [2.75, 3.05) is 24.9 Å². The number of hydrogen-bond acceptors (Lipinski definition) is 6. The van der Waals surface area contributed by atoms with Gasteiger partial charge < -0.3 is 4.74 Å². The van der Waals surface area contributed by atoms with Crippen molar-refractivity contribution in [1.82, 2.24) is 4.31 Å². The van der Waals surface area contributed by atoms with Gasteiger partial charge in [-0.05, 0) is 67.3 Å². The highest BCUT2D eigenvalue weighted by Crippen LogP contribution is 2.25. The average molecular weight is 453 g/mol. The van der Waals surface area contributed by atoms with Crippen molar-refractivity contribution in [3.05, 3.63) is 54.1 Å². The van der Waals surface area contributed by atoms with Crippen molar-refractivity contribution < 1.29 is 26.4 Å². The van der Waals surface area contributed by atoms with Gasteiger partial charge in [0.05, 0.1) is 22.5 Å². The Morgan fingerprint density at radius 3 is 2.17 bits per heavy atom. The van der Waals surface area contributed by atoms with Crippen molar-refractivity contribution >= 4 is 31.7 Å². The van der Waals surface area contributed by atoms with Crippen LogP contribution in [-0.2, 0) is 24.8 Å². The third-order valence-electron chi connectivity index (χ3n) is 4.95. The summed E-state index contributed by atoms with van der Waals surface area (Å²) in [5, 5.41) is 0. The maximum atomic E-state index is 12.8. The van der Waals surface area contributed by atoms with E-state index in [-0.39, 0.29) is 21.0 Å². The Labute approximate surface area is 177 Å². The number of hydrogen-bond donors (Lipinski definition) is 1. The van der Waals surface area contributed by atoms with E-state index < -0.39 is 26.0 Å². The standard InChI is InChI=1S/C20H24N2O6S2/c1-15-4-3-13-22(14-15)30(26,27)19-11-7-17(8-12-19)21-29(24,25)18-9-5-16(6-10-18)20(23)28-2/h5-12,15,21H,3-4,13-14H2,1-2H3. The summed E-state index contributed by atoms with van der Waals surface area (Å²) in [6, 6.07) is 10.9. The molecule has 0 saturated carbocycles. The first-order valence-corrected chi connectivity index (χ1v) is 12.4. The van der Waals surface area contributed by atoms with Gasteiger partial charge in [-0.1, -0.05) is 6.92 Å². The van der Waals surface area contributed by atoms with Crippen molar-refractivity contribution in [2.45, 2.75) is 29.6 Å². The van der Waals surface area contributed by atoms with E-state index in [1.807, 2.05) is 6.92 Å². The monoisotopic (exact) mass is 452 g/mol. The van der Waals surface area contributed by atoms with Crippen molar-refractivity contribution in [1.29, 1.82) is 0 Å². The van der Waals surface area contributed by atoms with Crippen LogP contribution in [0.3, 0.4) is 0 Å². The molecule has 8 nitrogen and oxygen atoms in total. The number of carbonyl (C=O) groups is 1. The minimum Gasteiger partial charge on any atom is -0.465 e. The molecule has 1 N–H and O–H groups in total. The summed E-state index contributed by atoms with van der Waals surface area (Å²) < 4.78 is 59.2. The van der Waals surface area contributed by atoms with Crippen LogP contribution in [0.15, 0.2) is 58.3 Å².